The van der Waals surface area contributed by atoms with Crippen molar-refractivity contribution >= 4 is 23.2 Å². The number of carbonyl (C=O) groups is 2. The zero-order valence-electron chi connectivity index (χ0n) is 12.4. The minimum absolute atomic E-state index is 0.0106. The predicted octanol–water partition coefficient (Wildman–Crippen LogP) is 2.62. The molecule has 0 radical (unpaired) electrons. The molecular weight excluding hydrogens is 274 g/mol. The molecule has 1 amide bonds. The minimum Gasteiger partial charge on any atom is -0.467 e. The van der Waals surface area contributed by atoms with Crippen LogP contribution < -0.4 is 5.32 Å². The molecule has 110 valence electrons. The second-order valence-electron chi connectivity index (χ2n) is 5.56. The van der Waals surface area contributed by atoms with Crippen molar-refractivity contribution in [3.8, 4) is 0 Å². The summed E-state index contributed by atoms with van der Waals surface area (Å²) in [7, 11) is 1.34. The molecule has 0 aromatic carbocycles. The van der Waals surface area contributed by atoms with E-state index < -0.39 is 11.5 Å². The number of ether oxygens (including phenoxy) is 1. The van der Waals surface area contributed by atoms with Crippen LogP contribution >= 0.6 is 11.3 Å². The van der Waals surface area contributed by atoms with Crippen LogP contribution in [0.25, 0.3) is 0 Å². The highest BCUT2D eigenvalue weighted by atomic mass is 32.1. The van der Waals surface area contributed by atoms with Crippen molar-refractivity contribution in [2.45, 2.75) is 45.1 Å². The Balaban J connectivity index is 1.98. The lowest BCUT2D eigenvalue weighted by Gasteiger charge is -2.26. The van der Waals surface area contributed by atoms with Crippen molar-refractivity contribution < 1.29 is 14.3 Å². The summed E-state index contributed by atoms with van der Waals surface area (Å²) in [6, 6.07) is 4.18. The molecule has 1 aliphatic rings. The average Bonchev–Trinajstić information content (AvgIpc) is 3.13. The first-order chi connectivity index (χ1) is 9.41. The van der Waals surface area contributed by atoms with E-state index in [1.54, 1.807) is 18.3 Å². The molecule has 3 unspecified atom stereocenters. The predicted molar refractivity (Wildman–Crippen MR) is 78.8 cm³/mol. The summed E-state index contributed by atoms with van der Waals surface area (Å²) in [5, 5.41) is 2.85. The third-order valence-corrected chi connectivity index (χ3v) is 5.13. The Kier molecular flexibility index (Phi) is 4.18. The first-order valence-corrected chi connectivity index (χ1v) is 7.69. The maximum atomic E-state index is 12.3. The number of carbonyl (C=O) groups excluding carboxylic acids is 2. The smallest absolute Gasteiger partial charge is 0.331 e. The Labute approximate surface area is 123 Å². The van der Waals surface area contributed by atoms with Crippen molar-refractivity contribution in [3.05, 3.63) is 21.9 Å². The van der Waals surface area contributed by atoms with Crippen molar-refractivity contribution in [2.75, 3.05) is 7.11 Å². The van der Waals surface area contributed by atoms with Crippen LogP contribution in [0.15, 0.2) is 12.1 Å². The van der Waals surface area contributed by atoms with Crippen LogP contribution in [-0.4, -0.2) is 24.5 Å². The van der Waals surface area contributed by atoms with Crippen molar-refractivity contribution in [2.24, 2.45) is 5.92 Å². The molecule has 0 aliphatic heterocycles. The molecule has 2 rings (SSSR count). The molecular formula is C15H21NO3S. The van der Waals surface area contributed by atoms with Gasteiger partial charge in [0.25, 0.3) is 0 Å². The van der Waals surface area contributed by atoms with E-state index in [-0.39, 0.29) is 11.8 Å². The molecule has 20 heavy (non-hydrogen) atoms. The number of aryl methyl sites for hydroxylation is 1. The van der Waals surface area contributed by atoms with Crippen LogP contribution in [-0.2, 0) is 14.3 Å². The molecule has 3 atom stereocenters. The van der Waals surface area contributed by atoms with Gasteiger partial charge in [0.2, 0.25) is 5.91 Å². The van der Waals surface area contributed by atoms with Gasteiger partial charge < -0.3 is 10.1 Å². The number of thiophene rings is 1. The minimum atomic E-state index is -0.926. The Morgan fingerprint density at radius 1 is 1.50 bits per heavy atom. The van der Waals surface area contributed by atoms with Gasteiger partial charge in [-0.05, 0) is 38.8 Å². The number of amides is 1. The van der Waals surface area contributed by atoms with Gasteiger partial charge in [0.1, 0.15) is 5.54 Å². The Morgan fingerprint density at radius 3 is 2.70 bits per heavy atom. The molecule has 1 N–H and O–H groups in total. The summed E-state index contributed by atoms with van der Waals surface area (Å²) < 4.78 is 4.77. The fourth-order valence-corrected chi connectivity index (χ4v) is 3.38. The van der Waals surface area contributed by atoms with Crippen LogP contribution in [0.3, 0.4) is 0 Å². The van der Waals surface area contributed by atoms with Gasteiger partial charge in [0, 0.05) is 21.6 Å². The standard InChI is InChI=1S/C15H21NO3S/c1-5-15(3,14(18)19-4)16-13(17)11-8-10(11)12-7-6-9(2)20-12/h6-7,10-11H,5,8H2,1-4H3,(H,16,17). The van der Waals surface area contributed by atoms with Crippen LogP contribution in [0, 0.1) is 12.8 Å². The molecule has 1 aromatic heterocycles. The summed E-state index contributed by atoms with van der Waals surface area (Å²) >= 11 is 1.74. The molecule has 1 aromatic rings. The van der Waals surface area contributed by atoms with E-state index in [4.69, 9.17) is 4.74 Å². The number of hydrogen-bond acceptors (Lipinski definition) is 4. The Morgan fingerprint density at radius 2 is 2.20 bits per heavy atom. The summed E-state index contributed by atoms with van der Waals surface area (Å²) in [5.41, 5.74) is -0.926. The monoisotopic (exact) mass is 295 g/mol. The van der Waals surface area contributed by atoms with E-state index in [0.717, 1.165) is 6.42 Å². The Hall–Kier alpha value is -1.36. The Bertz CT molecular complexity index is 525. The van der Waals surface area contributed by atoms with Crippen LogP contribution in [0.4, 0.5) is 0 Å². The summed E-state index contributed by atoms with van der Waals surface area (Å²) in [6.45, 7) is 5.64. The van der Waals surface area contributed by atoms with Gasteiger partial charge in [-0.2, -0.15) is 0 Å². The SMILES string of the molecule is CCC(C)(NC(=O)C1CC1c1ccc(C)s1)C(=O)OC. The molecule has 5 heteroatoms. The van der Waals surface area contributed by atoms with E-state index in [1.165, 1.54) is 16.9 Å². The van der Waals surface area contributed by atoms with Gasteiger partial charge in [-0.15, -0.1) is 11.3 Å². The molecule has 1 heterocycles. The lowest BCUT2D eigenvalue weighted by atomic mass is 9.98. The van der Waals surface area contributed by atoms with Gasteiger partial charge in [-0.3, -0.25) is 4.79 Å². The molecule has 0 bridgehead atoms. The lowest BCUT2D eigenvalue weighted by molar-refractivity contribution is -0.150. The second-order valence-corrected chi connectivity index (χ2v) is 6.88. The van der Waals surface area contributed by atoms with Gasteiger partial charge in [0.05, 0.1) is 7.11 Å². The average molecular weight is 295 g/mol. The van der Waals surface area contributed by atoms with Crippen LogP contribution in [0.2, 0.25) is 0 Å². The normalized spacial score (nSPS) is 23.8. The highest BCUT2D eigenvalue weighted by molar-refractivity contribution is 7.12. The third kappa shape index (κ3) is 2.87. The van der Waals surface area contributed by atoms with Crippen molar-refractivity contribution in [1.29, 1.82) is 0 Å². The zero-order valence-corrected chi connectivity index (χ0v) is 13.2. The first kappa shape index (κ1) is 15.0. The van der Waals surface area contributed by atoms with Crippen molar-refractivity contribution in [1.82, 2.24) is 5.32 Å². The number of rotatable bonds is 5. The number of hydrogen-bond donors (Lipinski definition) is 1. The van der Waals surface area contributed by atoms with Gasteiger partial charge in [0.15, 0.2) is 0 Å². The molecule has 1 saturated carbocycles. The topological polar surface area (TPSA) is 55.4 Å². The maximum absolute atomic E-state index is 12.3. The lowest BCUT2D eigenvalue weighted by Crippen LogP contribution is -2.52. The van der Waals surface area contributed by atoms with Gasteiger partial charge in [-0.25, -0.2) is 4.79 Å². The largest absolute Gasteiger partial charge is 0.467 e. The molecule has 1 fully saturated rings. The van der Waals surface area contributed by atoms with E-state index in [0.29, 0.717) is 12.3 Å². The van der Waals surface area contributed by atoms with Crippen LogP contribution in [0.1, 0.15) is 42.4 Å². The fourth-order valence-electron chi connectivity index (χ4n) is 2.33. The molecule has 0 saturated heterocycles. The highest BCUT2D eigenvalue weighted by Gasteiger charge is 2.47. The van der Waals surface area contributed by atoms with Gasteiger partial charge in [-0.1, -0.05) is 6.92 Å². The third-order valence-electron chi connectivity index (χ3n) is 4.00. The van der Waals surface area contributed by atoms with E-state index in [1.807, 2.05) is 6.92 Å². The molecule has 1 aliphatic carbocycles. The molecule has 4 nitrogen and oxygen atoms in total. The fraction of sp³-hybridized carbons (Fsp3) is 0.600. The quantitative estimate of drug-likeness (QED) is 0.850. The van der Waals surface area contributed by atoms with E-state index in [2.05, 4.69) is 24.4 Å². The van der Waals surface area contributed by atoms with E-state index >= 15 is 0 Å². The summed E-state index contributed by atoms with van der Waals surface area (Å²) in [5.74, 6) is -0.135. The van der Waals surface area contributed by atoms with Crippen molar-refractivity contribution in [3.63, 3.8) is 0 Å². The zero-order chi connectivity index (χ0) is 14.9. The van der Waals surface area contributed by atoms with Crippen LogP contribution in [0.5, 0.6) is 0 Å². The second kappa shape index (κ2) is 5.56. The number of nitrogens with one attached hydrogen (secondary N) is 1. The maximum Gasteiger partial charge on any atom is 0.331 e. The molecule has 0 spiro atoms. The highest BCUT2D eigenvalue weighted by Crippen LogP contribution is 2.49. The summed E-state index contributed by atoms with van der Waals surface area (Å²) in [4.78, 5) is 26.6. The van der Waals surface area contributed by atoms with E-state index in [9.17, 15) is 9.59 Å². The number of methoxy groups -OCH3 is 1. The number of esters is 1. The first-order valence-electron chi connectivity index (χ1n) is 6.88. The summed E-state index contributed by atoms with van der Waals surface area (Å²) in [6.07, 6.45) is 1.38. The van der Waals surface area contributed by atoms with Gasteiger partial charge >= 0.3 is 5.97 Å².